The quantitative estimate of drug-likeness (QED) is 0.723. The van der Waals surface area contributed by atoms with Gasteiger partial charge in [-0.25, -0.2) is 0 Å². The summed E-state index contributed by atoms with van der Waals surface area (Å²) < 4.78 is 5.01. The summed E-state index contributed by atoms with van der Waals surface area (Å²) in [4.78, 5) is 24.6. The highest BCUT2D eigenvalue weighted by Gasteiger charge is 2.09. The van der Waals surface area contributed by atoms with Gasteiger partial charge in [-0.15, -0.1) is 11.3 Å². The summed E-state index contributed by atoms with van der Waals surface area (Å²) in [6.07, 6.45) is 2.01. The van der Waals surface area contributed by atoms with Crippen LogP contribution < -0.4 is 5.32 Å². The molecule has 0 fully saturated rings. The van der Waals surface area contributed by atoms with Crippen LogP contribution in [0.5, 0.6) is 0 Å². The molecule has 1 heterocycles. The summed E-state index contributed by atoms with van der Waals surface area (Å²) in [6.45, 7) is 4.06. The third-order valence-corrected chi connectivity index (χ3v) is 4.83. The maximum absolute atomic E-state index is 11.8. The van der Waals surface area contributed by atoms with Crippen LogP contribution in [0.3, 0.4) is 0 Å². The number of rotatable bonds is 8. The van der Waals surface area contributed by atoms with Gasteiger partial charge >= 0.3 is 5.97 Å². The fourth-order valence-corrected chi connectivity index (χ4v) is 2.94. The molecule has 5 heteroatoms. The Morgan fingerprint density at radius 2 is 1.96 bits per heavy atom. The lowest BCUT2D eigenvalue weighted by Gasteiger charge is -2.10. The predicted octanol–water partition coefficient (Wildman–Crippen LogP) is 4.38. The van der Waals surface area contributed by atoms with Crippen LogP contribution in [0.4, 0.5) is 5.69 Å². The molecule has 1 aromatic carbocycles. The second-order valence-electron chi connectivity index (χ2n) is 5.72. The molecule has 2 rings (SSSR count). The number of esters is 1. The van der Waals surface area contributed by atoms with E-state index < -0.39 is 0 Å². The van der Waals surface area contributed by atoms with Crippen molar-refractivity contribution in [3.63, 3.8) is 0 Å². The highest BCUT2D eigenvalue weighted by atomic mass is 32.1. The maximum Gasteiger partial charge on any atom is 0.306 e. The van der Waals surface area contributed by atoms with E-state index in [1.54, 1.807) is 11.3 Å². The van der Waals surface area contributed by atoms with Gasteiger partial charge in [0.25, 0.3) is 5.91 Å². The fourth-order valence-electron chi connectivity index (χ4n) is 2.23. The first kappa shape index (κ1) is 18.2. The smallest absolute Gasteiger partial charge is 0.306 e. The molecule has 2 aromatic rings. The molecule has 4 nitrogen and oxygen atoms in total. The monoisotopic (exact) mass is 345 g/mol. The van der Waals surface area contributed by atoms with E-state index in [-0.39, 0.29) is 24.9 Å². The van der Waals surface area contributed by atoms with Crippen molar-refractivity contribution in [3.8, 4) is 0 Å². The number of nitrogens with one attached hydrogen (secondary N) is 1. The number of hydrogen-bond acceptors (Lipinski definition) is 4. The Balaban J connectivity index is 1.71. The number of hydrogen-bond donors (Lipinski definition) is 1. The number of benzene rings is 1. The molecule has 1 N–H and O–H groups in total. The zero-order valence-electron chi connectivity index (χ0n) is 14.1. The van der Waals surface area contributed by atoms with Gasteiger partial charge in [0.1, 0.15) is 0 Å². The van der Waals surface area contributed by atoms with Gasteiger partial charge in [-0.1, -0.05) is 32.0 Å². The van der Waals surface area contributed by atoms with Crippen molar-refractivity contribution in [1.29, 1.82) is 0 Å². The van der Waals surface area contributed by atoms with Gasteiger partial charge in [0.2, 0.25) is 0 Å². The van der Waals surface area contributed by atoms with E-state index >= 15 is 0 Å². The zero-order chi connectivity index (χ0) is 17.4. The van der Waals surface area contributed by atoms with Gasteiger partial charge in [-0.3, -0.25) is 9.59 Å². The Bertz CT molecular complexity index is 650. The first-order chi connectivity index (χ1) is 11.6. The van der Waals surface area contributed by atoms with Crippen LogP contribution in [-0.4, -0.2) is 18.5 Å². The fraction of sp³-hybridized carbons (Fsp3) is 0.368. The highest BCUT2D eigenvalue weighted by Crippen LogP contribution is 2.20. The van der Waals surface area contributed by atoms with E-state index in [1.807, 2.05) is 41.8 Å². The molecule has 0 spiro atoms. The first-order valence-corrected chi connectivity index (χ1v) is 9.04. The summed E-state index contributed by atoms with van der Waals surface area (Å²) in [5.74, 6) is -0.180. The van der Waals surface area contributed by atoms with Crippen molar-refractivity contribution in [1.82, 2.24) is 0 Å². The van der Waals surface area contributed by atoms with Crippen molar-refractivity contribution < 1.29 is 14.3 Å². The van der Waals surface area contributed by atoms with Crippen molar-refractivity contribution in [2.45, 2.75) is 39.0 Å². The number of carbonyl (C=O) groups excluding carboxylic acids is 2. The first-order valence-electron chi connectivity index (χ1n) is 8.16. The van der Waals surface area contributed by atoms with Crippen LogP contribution in [0.15, 0.2) is 41.8 Å². The predicted molar refractivity (Wildman–Crippen MR) is 97.4 cm³/mol. The minimum absolute atomic E-state index is 0.254. The molecular weight excluding hydrogens is 322 g/mol. The largest absolute Gasteiger partial charge is 0.456 e. The minimum atomic E-state index is -0.356. The number of thiophene rings is 1. The standard InChI is InChI=1S/C19H23NO3S/c1-3-14(2)15-6-8-16(9-7-15)20-18(21)13-23-19(22)11-10-17-5-4-12-24-17/h4-9,12,14H,3,10-11,13H2,1-2H3,(H,20,21)/t14-/m1/s1. The Labute approximate surface area is 146 Å². The summed E-state index contributed by atoms with van der Waals surface area (Å²) in [7, 11) is 0. The van der Waals surface area contributed by atoms with Crippen molar-refractivity contribution in [2.24, 2.45) is 0 Å². The third-order valence-electron chi connectivity index (χ3n) is 3.90. The molecule has 0 bridgehead atoms. The van der Waals surface area contributed by atoms with Gasteiger partial charge in [0.15, 0.2) is 6.61 Å². The normalized spacial score (nSPS) is 11.8. The molecule has 0 unspecified atom stereocenters. The van der Waals surface area contributed by atoms with Gasteiger partial charge in [0, 0.05) is 10.6 Å². The molecule has 1 amide bonds. The molecule has 128 valence electrons. The van der Waals surface area contributed by atoms with E-state index in [2.05, 4.69) is 19.2 Å². The van der Waals surface area contributed by atoms with E-state index in [0.29, 0.717) is 18.0 Å². The maximum atomic E-state index is 11.8. The number of amides is 1. The summed E-state index contributed by atoms with van der Waals surface area (Å²) in [5, 5.41) is 4.71. The minimum Gasteiger partial charge on any atom is -0.456 e. The highest BCUT2D eigenvalue weighted by molar-refractivity contribution is 7.09. The lowest BCUT2D eigenvalue weighted by molar-refractivity contribution is -0.147. The molecule has 24 heavy (non-hydrogen) atoms. The summed E-state index contributed by atoms with van der Waals surface area (Å²) >= 11 is 1.61. The molecule has 0 aliphatic carbocycles. The average Bonchev–Trinajstić information content (AvgIpc) is 3.11. The number of ether oxygens (including phenoxy) is 1. The van der Waals surface area contributed by atoms with Gasteiger partial charge in [0.05, 0.1) is 6.42 Å². The molecular formula is C19H23NO3S. The van der Waals surface area contributed by atoms with Crippen LogP contribution in [0.1, 0.15) is 43.0 Å². The lowest BCUT2D eigenvalue weighted by Crippen LogP contribution is -2.21. The number of anilines is 1. The van der Waals surface area contributed by atoms with Crippen LogP contribution in [-0.2, 0) is 20.7 Å². The zero-order valence-corrected chi connectivity index (χ0v) is 14.9. The SMILES string of the molecule is CC[C@@H](C)c1ccc(NC(=O)COC(=O)CCc2cccs2)cc1. The van der Waals surface area contributed by atoms with E-state index in [0.717, 1.165) is 11.3 Å². The molecule has 0 radical (unpaired) electrons. The summed E-state index contributed by atoms with van der Waals surface area (Å²) in [5.41, 5.74) is 1.96. The van der Waals surface area contributed by atoms with Gasteiger partial charge < -0.3 is 10.1 Å². The van der Waals surface area contributed by atoms with Crippen molar-refractivity contribution in [2.75, 3.05) is 11.9 Å². The van der Waals surface area contributed by atoms with Crippen molar-refractivity contribution in [3.05, 3.63) is 52.2 Å². The van der Waals surface area contributed by atoms with Gasteiger partial charge in [-0.05, 0) is 47.9 Å². The van der Waals surface area contributed by atoms with E-state index in [4.69, 9.17) is 4.74 Å². The van der Waals surface area contributed by atoms with Crippen molar-refractivity contribution >= 4 is 28.9 Å². The Morgan fingerprint density at radius 3 is 2.58 bits per heavy atom. The molecule has 1 atom stereocenters. The Morgan fingerprint density at radius 1 is 1.21 bits per heavy atom. The number of carbonyl (C=O) groups is 2. The van der Waals surface area contributed by atoms with Gasteiger partial charge in [-0.2, -0.15) is 0 Å². The lowest BCUT2D eigenvalue weighted by atomic mass is 9.99. The van der Waals surface area contributed by atoms with Crippen LogP contribution in [0, 0.1) is 0 Å². The van der Waals surface area contributed by atoms with E-state index in [9.17, 15) is 9.59 Å². The molecule has 0 saturated heterocycles. The molecule has 0 saturated carbocycles. The average molecular weight is 345 g/mol. The topological polar surface area (TPSA) is 55.4 Å². The van der Waals surface area contributed by atoms with Crippen LogP contribution in [0.2, 0.25) is 0 Å². The number of aryl methyl sites for hydroxylation is 1. The second kappa shape index (κ2) is 9.23. The Hall–Kier alpha value is -2.14. The second-order valence-corrected chi connectivity index (χ2v) is 6.75. The Kier molecular flexibility index (Phi) is 7.00. The molecule has 0 aliphatic rings. The molecule has 1 aromatic heterocycles. The van der Waals surface area contributed by atoms with Crippen LogP contribution >= 0.6 is 11.3 Å². The van der Waals surface area contributed by atoms with E-state index in [1.165, 1.54) is 5.56 Å². The third kappa shape index (κ3) is 5.81. The summed E-state index contributed by atoms with van der Waals surface area (Å²) in [6, 6.07) is 11.7. The molecule has 0 aliphatic heterocycles. The van der Waals surface area contributed by atoms with Crippen LogP contribution in [0.25, 0.3) is 0 Å².